The van der Waals surface area contributed by atoms with Crippen molar-refractivity contribution in [2.45, 2.75) is 19.5 Å². The number of rotatable bonds is 5. The van der Waals surface area contributed by atoms with Crippen LogP contribution in [0.15, 0.2) is 42.5 Å². The highest BCUT2D eigenvalue weighted by atomic mass is 35.5. The first-order valence-electron chi connectivity index (χ1n) is 6.45. The van der Waals surface area contributed by atoms with E-state index in [2.05, 4.69) is 12.2 Å². The predicted octanol–water partition coefficient (Wildman–Crippen LogP) is 3.91. The Morgan fingerprint density at radius 3 is 2.50 bits per heavy atom. The van der Waals surface area contributed by atoms with E-state index in [4.69, 9.17) is 16.3 Å². The molecular weight excluding hydrogens is 274 g/mol. The van der Waals surface area contributed by atoms with Gasteiger partial charge < -0.3 is 15.2 Å². The maximum absolute atomic E-state index is 9.80. The molecule has 0 amide bonds. The van der Waals surface area contributed by atoms with Crippen LogP contribution in [0.3, 0.4) is 0 Å². The molecule has 1 atom stereocenters. The molecule has 0 saturated carbocycles. The van der Waals surface area contributed by atoms with Crippen LogP contribution >= 0.6 is 11.6 Å². The van der Waals surface area contributed by atoms with E-state index < -0.39 is 0 Å². The Morgan fingerprint density at radius 2 is 1.90 bits per heavy atom. The average molecular weight is 292 g/mol. The lowest BCUT2D eigenvalue weighted by molar-refractivity contribution is 0.414. The maximum atomic E-state index is 9.80. The van der Waals surface area contributed by atoms with Crippen LogP contribution in [0.4, 0.5) is 0 Å². The normalized spacial score (nSPS) is 12.2. The summed E-state index contributed by atoms with van der Waals surface area (Å²) in [5.41, 5.74) is 1.87. The summed E-state index contributed by atoms with van der Waals surface area (Å²) in [6, 6.07) is 13.2. The third-order valence-corrected chi connectivity index (χ3v) is 3.65. The zero-order chi connectivity index (χ0) is 14.5. The highest BCUT2D eigenvalue weighted by molar-refractivity contribution is 6.31. The third-order valence-electron chi connectivity index (χ3n) is 3.29. The lowest BCUT2D eigenvalue weighted by Gasteiger charge is -2.16. The van der Waals surface area contributed by atoms with Gasteiger partial charge in [-0.05, 0) is 36.8 Å². The Balaban J connectivity index is 2.02. The van der Waals surface area contributed by atoms with Crippen molar-refractivity contribution >= 4 is 11.6 Å². The van der Waals surface area contributed by atoms with E-state index >= 15 is 0 Å². The van der Waals surface area contributed by atoms with Gasteiger partial charge in [-0.1, -0.05) is 29.8 Å². The molecule has 0 spiro atoms. The Morgan fingerprint density at radius 1 is 1.20 bits per heavy atom. The van der Waals surface area contributed by atoms with Crippen LogP contribution in [0.25, 0.3) is 0 Å². The second kappa shape index (κ2) is 6.64. The molecule has 1 unspecified atom stereocenters. The predicted molar refractivity (Wildman–Crippen MR) is 81.4 cm³/mol. The van der Waals surface area contributed by atoms with Gasteiger partial charge in [0.25, 0.3) is 0 Å². The SMILES string of the molecule is COc1ccc(C(C)NCc2c(O)cccc2Cl)cc1. The van der Waals surface area contributed by atoms with Crippen molar-refractivity contribution in [1.82, 2.24) is 5.32 Å². The molecule has 2 rings (SSSR count). The fourth-order valence-electron chi connectivity index (χ4n) is 1.99. The summed E-state index contributed by atoms with van der Waals surface area (Å²) in [6.07, 6.45) is 0. The van der Waals surface area contributed by atoms with Crippen molar-refractivity contribution in [3.05, 3.63) is 58.6 Å². The monoisotopic (exact) mass is 291 g/mol. The lowest BCUT2D eigenvalue weighted by Crippen LogP contribution is -2.18. The van der Waals surface area contributed by atoms with Crippen LogP contribution in [0.1, 0.15) is 24.1 Å². The summed E-state index contributed by atoms with van der Waals surface area (Å²) < 4.78 is 5.14. The van der Waals surface area contributed by atoms with Crippen LogP contribution in [-0.2, 0) is 6.54 Å². The Hall–Kier alpha value is -1.71. The quantitative estimate of drug-likeness (QED) is 0.878. The van der Waals surface area contributed by atoms with Gasteiger partial charge in [-0.25, -0.2) is 0 Å². The maximum Gasteiger partial charge on any atom is 0.121 e. The molecule has 106 valence electrons. The molecule has 2 N–H and O–H groups in total. The second-order valence-electron chi connectivity index (χ2n) is 4.61. The van der Waals surface area contributed by atoms with E-state index in [-0.39, 0.29) is 11.8 Å². The first kappa shape index (κ1) is 14.7. The number of benzene rings is 2. The number of hydrogen-bond donors (Lipinski definition) is 2. The van der Waals surface area contributed by atoms with Gasteiger partial charge in [0.05, 0.1) is 7.11 Å². The molecule has 0 heterocycles. The topological polar surface area (TPSA) is 41.5 Å². The van der Waals surface area contributed by atoms with Gasteiger partial charge >= 0.3 is 0 Å². The number of aromatic hydroxyl groups is 1. The van der Waals surface area contributed by atoms with Gasteiger partial charge in [-0.2, -0.15) is 0 Å². The van der Waals surface area contributed by atoms with Gasteiger partial charge in [0.1, 0.15) is 11.5 Å². The first-order chi connectivity index (χ1) is 9.61. The van der Waals surface area contributed by atoms with Crippen molar-refractivity contribution in [2.24, 2.45) is 0 Å². The molecule has 2 aromatic rings. The molecule has 0 aliphatic rings. The molecule has 2 aromatic carbocycles. The minimum absolute atomic E-state index is 0.150. The zero-order valence-electron chi connectivity index (χ0n) is 11.6. The second-order valence-corrected chi connectivity index (χ2v) is 5.02. The minimum Gasteiger partial charge on any atom is -0.508 e. The van der Waals surface area contributed by atoms with Gasteiger partial charge in [0, 0.05) is 23.2 Å². The van der Waals surface area contributed by atoms with Crippen LogP contribution < -0.4 is 10.1 Å². The van der Waals surface area contributed by atoms with Crippen molar-refractivity contribution in [2.75, 3.05) is 7.11 Å². The molecule has 4 heteroatoms. The van der Waals surface area contributed by atoms with Crippen molar-refractivity contribution in [1.29, 1.82) is 0 Å². The largest absolute Gasteiger partial charge is 0.508 e. The molecule has 0 saturated heterocycles. The van der Waals surface area contributed by atoms with E-state index in [1.807, 2.05) is 24.3 Å². The Labute approximate surface area is 124 Å². The highest BCUT2D eigenvalue weighted by Gasteiger charge is 2.09. The van der Waals surface area contributed by atoms with E-state index in [0.717, 1.165) is 16.9 Å². The van der Waals surface area contributed by atoms with Gasteiger partial charge in [-0.15, -0.1) is 0 Å². The number of nitrogens with one attached hydrogen (secondary N) is 1. The molecule has 0 aromatic heterocycles. The highest BCUT2D eigenvalue weighted by Crippen LogP contribution is 2.26. The smallest absolute Gasteiger partial charge is 0.121 e. The number of phenolic OH excluding ortho intramolecular Hbond substituents is 1. The lowest BCUT2D eigenvalue weighted by atomic mass is 10.1. The molecule has 3 nitrogen and oxygen atoms in total. The van der Waals surface area contributed by atoms with Crippen LogP contribution in [-0.4, -0.2) is 12.2 Å². The molecular formula is C16H18ClNO2. The number of halogens is 1. The molecule has 0 fully saturated rings. The van der Waals surface area contributed by atoms with Crippen LogP contribution in [0.2, 0.25) is 5.02 Å². The van der Waals surface area contributed by atoms with E-state index in [0.29, 0.717) is 11.6 Å². The van der Waals surface area contributed by atoms with Crippen LogP contribution in [0, 0.1) is 0 Å². The van der Waals surface area contributed by atoms with Gasteiger partial charge in [0.2, 0.25) is 0 Å². The van der Waals surface area contributed by atoms with Gasteiger partial charge in [-0.3, -0.25) is 0 Å². The minimum atomic E-state index is 0.150. The fourth-order valence-corrected chi connectivity index (χ4v) is 2.22. The average Bonchev–Trinajstić information content (AvgIpc) is 2.46. The van der Waals surface area contributed by atoms with Crippen molar-refractivity contribution in [3.63, 3.8) is 0 Å². The van der Waals surface area contributed by atoms with E-state index in [1.54, 1.807) is 25.3 Å². The number of ether oxygens (including phenoxy) is 1. The molecule has 20 heavy (non-hydrogen) atoms. The molecule has 0 bridgehead atoms. The van der Waals surface area contributed by atoms with E-state index in [1.165, 1.54) is 0 Å². The summed E-state index contributed by atoms with van der Waals surface area (Å²) >= 11 is 6.08. The first-order valence-corrected chi connectivity index (χ1v) is 6.83. The summed E-state index contributed by atoms with van der Waals surface area (Å²) in [5.74, 6) is 1.05. The fraction of sp³-hybridized carbons (Fsp3) is 0.250. The molecule has 0 radical (unpaired) electrons. The summed E-state index contributed by atoms with van der Waals surface area (Å²) in [6.45, 7) is 2.58. The Bertz CT molecular complexity index is 549. The summed E-state index contributed by atoms with van der Waals surface area (Å²) in [4.78, 5) is 0. The number of phenols is 1. The third kappa shape index (κ3) is 3.44. The summed E-state index contributed by atoms with van der Waals surface area (Å²) in [5, 5.41) is 13.7. The van der Waals surface area contributed by atoms with E-state index in [9.17, 15) is 5.11 Å². The van der Waals surface area contributed by atoms with Crippen molar-refractivity contribution < 1.29 is 9.84 Å². The molecule has 0 aliphatic carbocycles. The number of hydrogen-bond acceptors (Lipinski definition) is 3. The number of methoxy groups -OCH3 is 1. The summed E-state index contributed by atoms with van der Waals surface area (Å²) in [7, 11) is 1.65. The molecule has 0 aliphatic heterocycles. The Kier molecular flexibility index (Phi) is 4.88. The van der Waals surface area contributed by atoms with Crippen LogP contribution in [0.5, 0.6) is 11.5 Å². The van der Waals surface area contributed by atoms with Crippen molar-refractivity contribution in [3.8, 4) is 11.5 Å². The van der Waals surface area contributed by atoms with Gasteiger partial charge in [0.15, 0.2) is 0 Å². The zero-order valence-corrected chi connectivity index (χ0v) is 12.3. The standard InChI is InChI=1S/C16H18ClNO2/c1-11(12-6-8-13(20-2)9-7-12)18-10-14-15(17)4-3-5-16(14)19/h3-9,11,18-19H,10H2,1-2H3.